The zero-order valence-electron chi connectivity index (χ0n) is 23.2. The number of ether oxygens (including phenoxy) is 2. The van der Waals surface area contributed by atoms with Crippen molar-refractivity contribution in [1.29, 1.82) is 0 Å². The van der Waals surface area contributed by atoms with Crippen LogP contribution in [0.4, 0.5) is 11.4 Å². The SMILES string of the molecule is COc1cc(N(C)c2c(-c3ccc(OCCN4CCCC4)cc3)sc3ccccc23)ccc1CN1CCCC1. The summed E-state index contributed by atoms with van der Waals surface area (Å²) < 4.78 is 13.2. The van der Waals surface area contributed by atoms with Crippen molar-refractivity contribution in [1.82, 2.24) is 9.80 Å². The molecule has 1 aromatic heterocycles. The van der Waals surface area contributed by atoms with E-state index in [0.717, 1.165) is 36.9 Å². The summed E-state index contributed by atoms with van der Waals surface area (Å²) in [4.78, 5) is 8.59. The highest BCUT2D eigenvalue weighted by Gasteiger charge is 2.21. The molecule has 4 aromatic rings. The number of nitrogens with zero attached hydrogens (tertiary/aromatic N) is 3. The highest BCUT2D eigenvalue weighted by atomic mass is 32.1. The summed E-state index contributed by atoms with van der Waals surface area (Å²) in [5.41, 5.74) is 4.83. The lowest BCUT2D eigenvalue weighted by Gasteiger charge is -2.23. The smallest absolute Gasteiger partial charge is 0.125 e. The van der Waals surface area contributed by atoms with Gasteiger partial charge in [-0.15, -0.1) is 11.3 Å². The van der Waals surface area contributed by atoms with Crippen molar-refractivity contribution in [2.24, 2.45) is 0 Å². The number of rotatable bonds is 10. The van der Waals surface area contributed by atoms with Crippen molar-refractivity contribution < 1.29 is 9.47 Å². The lowest BCUT2D eigenvalue weighted by atomic mass is 10.1. The zero-order valence-corrected chi connectivity index (χ0v) is 24.0. The average Bonchev–Trinajstić information content (AvgIpc) is 3.75. The van der Waals surface area contributed by atoms with E-state index in [4.69, 9.17) is 9.47 Å². The molecule has 6 heteroatoms. The third kappa shape index (κ3) is 5.79. The molecule has 0 N–H and O–H groups in total. The standard InChI is InChI=1S/C33H39N3O2S/c1-34(27-14-11-26(30(23-27)37-2)24-36-19-7-8-20-36)32-29-9-3-4-10-31(29)39-33(32)25-12-15-28(16-13-25)38-22-21-35-17-5-6-18-35/h3-4,9-16,23H,5-8,17-22,24H2,1-2H3. The number of fused-ring (bicyclic) bond motifs is 1. The third-order valence-corrected chi connectivity index (χ3v) is 9.36. The van der Waals surface area contributed by atoms with Gasteiger partial charge in [0.15, 0.2) is 0 Å². The number of methoxy groups -OCH3 is 1. The summed E-state index contributed by atoms with van der Waals surface area (Å²) in [6, 6.07) is 24.0. The first-order valence-electron chi connectivity index (χ1n) is 14.3. The Bertz CT molecular complexity index is 1390. The Morgan fingerprint density at radius 2 is 1.56 bits per heavy atom. The number of likely N-dealkylation sites (tertiary alicyclic amines) is 2. The molecular formula is C33H39N3O2S. The van der Waals surface area contributed by atoms with Gasteiger partial charge in [-0.2, -0.15) is 0 Å². The number of hydrogen-bond acceptors (Lipinski definition) is 6. The molecule has 3 heterocycles. The number of hydrogen-bond donors (Lipinski definition) is 0. The Morgan fingerprint density at radius 3 is 2.31 bits per heavy atom. The minimum Gasteiger partial charge on any atom is -0.496 e. The molecule has 0 spiro atoms. The molecule has 2 fully saturated rings. The van der Waals surface area contributed by atoms with Gasteiger partial charge in [-0.1, -0.05) is 24.3 Å². The highest BCUT2D eigenvalue weighted by Crippen LogP contribution is 2.47. The van der Waals surface area contributed by atoms with Gasteiger partial charge in [-0.25, -0.2) is 0 Å². The number of benzene rings is 3. The maximum Gasteiger partial charge on any atom is 0.125 e. The first kappa shape index (κ1) is 26.2. The van der Waals surface area contributed by atoms with E-state index in [2.05, 4.69) is 88.5 Å². The van der Waals surface area contributed by atoms with Crippen molar-refractivity contribution >= 4 is 32.8 Å². The van der Waals surface area contributed by atoms with E-state index in [-0.39, 0.29) is 0 Å². The molecular weight excluding hydrogens is 502 g/mol. The van der Waals surface area contributed by atoms with E-state index in [1.165, 1.54) is 83.6 Å². The van der Waals surface area contributed by atoms with Gasteiger partial charge in [0.2, 0.25) is 0 Å². The van der Waals surface area contributed by atoms with E-state index in [1.54, 1.807) is 7.11 Å². The fourth-order valence-corrected chi connectivity index (χ4v) is 7.18. The van der Waals surface area contributed by atoms with E-state index >= 15 is 0 Å². The minimum atomic E-state index is 0.742. The van der Waals surface area contributed by atoms with E-state index in [9.17, 15) is 0 Å². The van der Waals surface area contributed by atoms with Crippen molar-refractivity contribution in [2.45, 2.75) is 32.2 Å². The van der Waals surface area contributed by atoms with Gasteiger partial charge in [0.25, 0.3) is 0 Å². The Balaban J connectivity index is 1.26. The third-order valence-electron chi connectivity index (χ3n) is 8.15. The molecule has 39 heavy (non-hydrogen) atoms. The van der Waals surface area contributed by atoms with E-state index in [1.807, 2.05) is 11.3 Å². The van der Waals surface area contributed by atoms with Crippen LogP contribution in [0.2, 0.25) is 0 Å². The van der Waals surface area contributed by atoms with Crippen LogP contribution in [0.25, 0.3) is 20.5 Å². The fourth-order valence-electron chi connectivity index (χ4n) is 5.95. The van der Waals surface area contributed by atoms with E-state index in [0.29, 0.717) is 0 Å². The highest BCUT2D eigenvalue weighted by molar-refractivity contribution is 7.23. The first-order valence-corrected chi connectivity index (χ1v) is 15.1. The quantitative estimate of drug-likeness (QED) is 0.208. The molecule has 5 nitrogen and oxygen atoms in total. The van der Waals surface area contributed by atoms with Crippen LogP contribution in [0.5, 0.6) is 11.5 Å². The molecule has 2 aliphatic rings. The summed E-state index contributed by atoms with van der Waals surface area (Å²) in [6.07, 6.45) is 5.22. The first-order chi connectivity index (χ1) is 19.2. The Kier molecular flexibility index (Phi) is 8.05. The van der Waals surface area contributed by atoms with Crippen LogP contribution in [0.1, 0.15) is 31.2 Å². The number of thiophene rings is 1. The largest absolute Gasteiger partial charge is 0.496 e. The van der Waals surface area contributed by atoms with Crippen LogP contribution in [0, 0.1) is 0 Å². The van der Waals surface area contributed by atoms with Crippen molar-refractivity contribution in [3.05, 3.63) is 72.3 Å². The lowest BCUT2D eigenvalue weighted by molar-refractivity contribution is 0.238. The molecule has 0 radical (unpaired) electrons. The predicted octanol–water partition coefficient (Wildman–Crippen LogP) is 7.42. The van der Waals surface area contributed by atoms with Gasteiger partial charge in [0, 0.05) is 47.5 Å². The maximum atomic E-state index is 6.08. The second kappa shape index (κ2) is 12.0. The van der Waals surface area contributed by atoms with Gasteiger partial charge in [-0.05, 0) is 93.8 Å². The second-order valence-electron chi connectivity index (χ2n) is 10.7. The molecule has 0 bridgehead atoms. The number of anilines is 2. The van der Waals surface area contributed by atoms with Crippen molar-refractivity contribution in [3.63, 3.8) is 0 Å². The molecule has 0 atom stereocenters. The molecule has 2 saturated heterocycles. The maximum absolute atomic E-state index is 6.08. The fraction of sp³-hybridized carbons (Fsp3) is 0.394. The molecule has 3 aromatic carbocycles. The van der Waals surface area contributed by atoms with Crippen LogP contribution >= 0.6 is 11.3 Å². The summed E-state index contributed by atoms with van der Waals surface area (Å²) >= 11 is 1.85. The van der Waals surface area contributed by atoms with Crippen LogP contribution in [0.15, 0.2) is 66.7 Å². The summed E-state index contributed by atoms with van der Waals surface area (Å²) in [7, 11) is 3.95. The van der Waals surface area contributed by atoms with Gasteiger partial charge in [0.1, 0.15) is 18.1 Å². The second-order valence-corrected chi connectivity index (χ2v) is 11.8. The van der Waals surface area contributed by atoms with Gasteiger partial charge < -0.3 is 14.4 Å². The monoisotopic (exact) mass is 541 g/mol. The molecule has 204 valence electrons. The van der Waals surface area contributed by atoms with Crippen molar-refractivity contribution in [3.8, 4) is 21.9 Å². The molecule has 2 aliphatic heterocycles. The molecule has 6 rings (SSSR count). The normalized spacial score (nSPS) is 16.3. The summed E-state index contributed by atoms with van der Waals surface area (Å²) in [5, 5.41) is 1.27. The van der Waals surface area contributed by atoms with Gasteiger partial charge in [0.05, 0.1) is 17.7 Å². The van der Waals surface area contributed by atoms with Crippen molar-refractivity contribution in [2.75, 3.05) is 58.4 Å². The van der Waals surface area contributed by atoms with Gasteiger partial charge in [-0.3, -0.25) is 9.80 Å². The van der Waals surface area contributed by atoms with Gasteiger partial charge >= 0.3 is 0 Å². The molecule has 0 aliphatic carbocycles. The van der Waals surface area contributed by atoms with Crippen LogP contribution in [-0.2, 0) is 6.54 Å². The summed E-state index contributed by atoms with van der Waals surface area (Å²) in [6.45, 7) is 7.47. The van der Waals surface area contributed by atoms with E-state index < -0.39 is 0 Å². The topological polar surface area (TPSA) is 28.2 Å². The minimum absolute atomic E-state index is 0.742. The Labute approximate surface area is 236 Å². The molecule has 0 unspecified atom stereocenters. The van der Waals surface area contributed by atoms with Crippen LogP contribution < -0.4 is 14.4 Å². The molecule has 0 saturated carbocycles. The Morgan fingerprint density at radius 1 is 0.846 bits per heavy atom. The zero-order chi connectivity index (χ0) is 26.6. The van der Waals surface area contributed by atoms with Crippen LogP contribution in [0.3, 0.4) is 0 Å². The summed E-state index contributed by atoms with van der Waals surface area (Å²) in [5.74, 6) is 1.90. The van der Waals surface area contributed by atoms with Crippen LogP contribution in [-0.4, -0.2) is 63.3 Å². The average molecular weight is 542 g/mol. The lowest BCUT2D eigenvalue weighted by Crippen LogP contribution is -2.25. The molecule has 0 amide bonds. The Hall–Kier alpha value is -3.06. The predicted molar refractivity (Wildman–Crippen MR) is 164 cm³/mol.